The molecule has 0 rings (SSSR count). The van der Waals surface area contributed by atoms with Crippen LogP contribution < -0.4 is 0 Å². The maximum Gasteiger partial charge on any atom is 0.115 e. The van der Waals surface area contributed by atoms with Crippen LogP contribution in [0.2, 0.25) is 0 Å². The molecule has 25 heavy (non-hydrogen) atoms. The van der Waals surface area contributed by atoms with Gasteiger partial charge in [-0.3, -0.25) is 0 Å². The van der Waals surface area contributed by atoms with Crippen molar-refractivity contribution in [2.45, 2.75) is 83.3 Å². The molecule has 0 aliphatic carbocycles. The highest BCUT2D eigenvalue weighted by Gasteiger charge is 1.98. The number of aliphatic hydroxyl groups is 3. The van der Waals surface area contributed by atoms with E-state index in [9.17, 15) is 0 Å². The monoisotopic (exact) mass is 352 g/mol. The van der Waals surface area contributed by atoms with Crippen molar-refractivity contribution in [3.8, 4) is 11.8 Å². The van der Waals surface area contributed by atoms with Gasteiger partial charge in [-0.25, -0.2) is 0 Å². The number of aliphatic hydroxyl groups excluding tert-OH is 3. The van der Waals surface area contributed by atoms with E-state index >= 15 is 0 Å². The molecule has 0 saturated heterocycles. The van der Waals surface area contributed by atoms with Gasteiger partial charge in [-0.15, -0.1) is 0 Å². The van der Waals surface area contributed by atoms with E-state index in [0.29, 0.717) is 0 Å². The lowest BCUT2D eigenvalue weighted by Crippen LogP contribution is -2.17. The highest BCUT2D eigenvalue weighted by atomic mass is 16.5. The number of ether oxygens (including phenoxy) is 1. The highest BCUT2D eigenvalue weighted by Crippen LogP contribution is 2.11. The Morgan fingerprint density at radius 2 is 1.48 bits per heavy atom. The number of hydrogen-bond acceptors (Lipinski definition) is 4. The predicted molar refractivity (Wildman–Crippen MR) is 103 cm³/mol. The molecule has 0 aliphatic heterocycles. The summed E-state index contributed by atoms with van der Waals surface area (Å²) in [6.45, 7) is 1.64. The number of allylic oxidation sites excluding steroid dienone is 3. The molecule has 0 fully saturated rings. The molecule has 0 bridgehead atoms. The molecular formula is C21H36O4. The fourth-order valence-electron chi connectivity index (χ4n) is 2.30. The van der Waals surface area contributed by atoms with Crippen LogP contribution in [0.5, 0.6) is 0 Å². The lowest BCUT2D eigenvalue weighted by Gasteiger charge is -2.04. The van der Waals surface area contributed by atoms with Crippen molar-refractivity contribution in [2.24, 2.45) is 0 Å². The first-order valence-corrected chi connectivity index (χ1v) is 9.56. The Morgan fingerprint density at radius 3 is 2.12 bits per heavy atom. The predicted octanol–water partition coefficient (Wildman–Crippen LogP) is 3.71. The van der Waals surface area contributed by atoms with E-state index in [2.05, 4.69) is 17.9 Å². The van der Waals surface area contributed by atoms with E-state index in [1.807, 2.05) is 13.0 Å². The Balaban J connectivity index is 3.33. The van der Waals surface area contributed by atoms with Gasteiger partial charge in [0.05, 0.1) is 19.0 Å². The Labute approximate surface area is 153 Å². The van der Waals surface area contributed by atoms with Gasteiger partial charge in [-0.05, 0) is 32.3 Å². The maximum absolute atomic E-state index is 9.17. The minimum absolute atomic E-state index is 0.0758. The summed E-state index contributed by atoms with van der Waals surface area (Å²) in [7, 11) is 0. The fourth-order valence-corrected chi connectivity index (χ4v) is 2.30. The molecule has 0 aliphatic rings. The van der Waals surface area contributed by atoms with Crippen LogP contribution in [0.1, 0.15) is 71.1 Å². The first-order valence-electron chi connectivity index (χ1n) is 9.56. The second kappa shape index (κ2) is 19.1. The molecule has 4 nitrogen and oxygen atoms in total. The van der Waals surface area contributed by atoms with Crippen LogP contribution in [0.4, 0.5) is 0 Å². The maximum atomic E-state index is 9.17. The topological polar surface area (TPSA) is 69.9 Å². The molecular weight excluding hydrogens is 316 g/mol. The Morgan fingerprint density at radius 1 is 0.880 bits per heavy atom. The Bertz CT molecular complexity index is 390. The molecule has 0 aromatic rings. The average Bonchev–Trinajstić information content (AvgIpc) is 2.60. The van der Waals surface area contributed by atoms with Gasteiger partial charge in [0, 0.05) is 6.08 Å². The van der Waals surface area contributed by atoms with Crippen LogP contribution in [-0.2, 0) is 4.74 Å². The van der Waals surface area contributed by atoms with E-state index in [1.54, 1.807) is 6.08 Å². The fraction of sp³-hybridized carbons (Fsp3) is 0.714. The summed E-state index contributed by atoms with van der Waals surface area (Å²) < 4.78 is 4.98. The van der Waals surface area contributed by atoms with Crippen LogP contribution in [0.15, 0.2) is 24.5 Å². The van der Waals surface area contributed by atoms with Crippen molar-refractivity contribution in [1.82, 2.24) is 0 Å². The van der Waals surface area contributed by atoms with Crippen LogP contribution in [0, 0.1) is 11.8 Å². The molecule has 4 heteroatoms. The minimum atomic E-state index is -0.840. The van der Waals surface area contributed by atoms with Crippen molar-refractivity contribution >= 4 is 0 Å². The Hall–Kier alpha value is -1.28. The van der Waals surface area contributed by atoms with Gasteiger partial charge in [-0.1, -0.05) is 62.9 Å². The molecule has 0 radical (unpaired) electrons. The van der Waals surface area contributed by atoms with Crippen LogP contribution in [0.25, 0.3) is 0 Å². The second-order valence-electron chi connectivity index (χ2n) is 6.42. The third-order valence-electron chi connectivity index (χ3n) is 3.77. The second-order valence-corrected chi connectivity index (χ2v) is 6.42. The van der Waals surface area contributed by atoms with E-state index in [0.717, 1.165) is 19.3 Å². The summed E-state index contributed by atoms with van der Waals surface area (Å²) >= 11 is 0. The number of unbranched alkanes of at least 4 members (excludes halogenated alkanes) is 8. The molecule has 2 unspecified atom stereocenters. The smallest absolute Gasteiger partial charge is 0.115 e. The first kappa shape index (κ1) is 23.7. The van der Waals surface area contributed by atoms with Gasteiger partial charge in [0.1, 0.15) is 12.7 Å². The zero-order chi connectivity index (χ0) is 18.6. The van der Waals surface area contributed by atoms with Crippen LogP contribution >= 0.6 is 0 Å². The SMILES string of the molecule is CC(O)CCCCCCCCCC/C=C\C#C/C=C\OCC(O)CO. The van der Waals surface area contributed by atoms with Gasteiger partial charge in [0.15, 0.2) is 0 Å². The average molecular weight is 353 g/mol. The zero-order valence-corrected chi connectivity index (χ0v) is 15.7. The van der Waals surface area contributed by atoms with Crippen molar-refractivity contribution in [3.05, 3.63) is 24.5 Å². The first-order chi connectivity index (χ1) is 12.2. The van der Waals surface area contributed by atoms with Gasteiger partial charge < -0.3 is 20.1 Å². The normalized spacial score (nSPS) is 13.8. The Kier molecular flexibility index (Phi) is 18.1. The van der Waals surface area contributed by atoms with E-state index in [4.69, 9.17) is 20.1 Å². The van der Waals surface area contributed by atoms with Crippen molar-refractivity contribution in [1.29, 1.82) is 0 Å². The van der Waals surface area contributed by atoms with Gasteiger partial charge in [-0.2, -0.15) is 0 Å². The third kappa shape index (κ3) is 20.7. The van der Waals surface area contributed by atoms with E-state index in [-0.39, 0.29) is 19.3 Å². The molecule has 0 spiro atoms. The largest absolute Gasteiger partial charge is 0.498 e. The van der Waals surface area contributed by atoms with Gasteiger partial charge >= 0.3 is 0 Å². The van der Waals surface area contributed by atoms with Gasteiger partial charge in [0.25, 0.3) is 0 Å². The summed E-state index contributed by atoms with van der Waals surface area (Å²) in [5.74, 6) is 5.72. The summed E-state index contributed by atoms with van der Waals surface area (Å²) in [5.41, 5.74) is 0. The molecule has 0 amide bonds. The molecule has 0 aromatic carbocycles. The summed E-state index contributed by atoms with van der Waals surface area (Å²) in [6.07, 6.45) is 18.0. The molecule has 144 valence electrons. The lowest BCUT2D eigenvalue weighted by atomic mass is 10.1. The number of hydrogen-bond donors (Lipinski definition) is 3. The third-order valence-corrected chi connectivity index (χ3v) is 3.77. The summed E-state index contributed by atoms with van der Waals surface area (Å²) in [5, 5.41) is 26.8. The minimum Gasteiger partial charge on any atom is -0.498 e. The van der Waals surface area contributed by atoms with Crippen molar-refractivity contribution in [2.75, 3.05) is 13.2 Å². The zero-order valence-electron chi connectivity index (χ0n) is 15.7. The molecule has 0 aromatic heterocycles. The molecule has 2 atom stereocenters. The van der Waals surface area contributed by atoms with E-state index in [1.165, 1.54) is 51.2 Å². The van der Waals surface area contributed by atoms with Crippen molar-refractivity contribution in [3.63, 3.8) is 0 Å². The molecule has 0 saturated carbocycles. The highest BCUT2D eigenvalue weighted by molar-refractivity contribution is 5.22. The van der Waals surface area contributed by atoms with Crippen LogP contribution in [0.3, 0.4) is 0 Å². The molecule has 0 heterocycles. The summed E-state index contributed by atoms with van der Waals surface area (Å²) in [6, 6.07) is 0. The summed E-state index contributed by atoms with van der Waals surface area (Å²) in [4.78, 5) is 0. The van der Waals surface area contributed by atoms with Crippen LogP contribution in [-0.4, -0.2) is 40.7 Å². The van der Waals surface area contributed by atoms with E-state index < -0.39 is 6.10 Å². The number of rotatable bonds is 15. The molecule has 3 N–H and O–H groups in total. The van der Waals surface area contributed by atoms with Gasteiger partial charge in [0.2, 0.25) is 0 Å². The standard InChI is InChI=1S/C21H36O4/c1-20(23)16-14-12-10-8-6-4-2-3-5-7-9-11-13-15-17-25-19-21(24)18-22/h7,9,15,17,20-24H,2-6,8,10,12,14,16,18-19H2,1H3/b9-7-,17-15-. The van der Waals surface area contributed by atoms with Crippen molar-refractivity contribution < 1.29 is 20.1 Å². The lowest BCUT2D eigenvalue weighted by molar-refractivity contribution is 0.0385. The quantitative estimate of drug-likeness (QED) is 0.239.